The predicted molar refractivity (Wildman–Crippen MR) is 104 cm³/mol. The van der Waals surface area contributed by atoms with Gasteiger partial charge in [-0.1, -0.05) is 0 Å². The second kappa shape index (κ2) is 8.59. The van der Waals surface area contributed by atoms with Crippen molar-refractivity contribution in [3.05, 3.63) is 24.3 Å². The fourth-order valence-electron chi connectivity index (χ4n) is 4.21. The van der Waals surface area contributed by atoms with Gasteiger partial charge in [-0.2, -0.15) is 0 Å². The third kappa shape index (κ3) is 4.64. The molecule has 3 heterocycles. The van der Waals surface area contributed by atoms with Crippen LogP contribution in [0, 0.1) is 5.92 Å². The first-order valence-electron chi connectivity index (χ1n) is 10.1. The third-order valence-corrected chi connectivity index (χ3v) is 5.85. The summed E-state index contributed by atoms with van der Waals surface area (Å²) >= 11 is 0. The van der Waals surface area contributed by atoms with Gasteiger partial charge in [-0.25, -0.2) is 0 Å². The molecule has 1 unspecified atom stereocenters. The molecule has 0 aliphatic carbocycles. The molecular weight excluding hydrogens is 376 g/mol. The first kappa shape index (κ1) is 20.0. The van der Waals surface area contributed by atoms with Gasteiger partial charge in [0.1, 0.15) is 17.1 Å². The molecule has 1 aromatic rings. The van der Waals surface area contributed by atoms with E-state index in [9.17, 15) is 9.59 Å². The van der Waals surface area contributed by atoms with E-state index in [1.54, 1.807) is 36.3 Å². The van der Waals surface area contributed by atoms with Crippen LogP contribution in [0.15, 0.2) is 24.3 Å². The van der Waals surface area contributed by atoms with Gasteiger partial charge in [0, 0.05) is 19.5 Å². The Kier molecular flexibility index (Phi) is 5.91. The molecule has 2 amide bonds. The van der Waals surface area contributed by atoms with E-state index < -0.39 is 0 Å². The quantitative estimate of drug-likeness (QED) is 0.702. The van der Waals surface area contributed by atoms with Crippen LogP contribution in [0.3, 0.4) is 0 Å². The monoisotopic (exact) mass is 404 g/mol. The summed E-state index contributed by atoms with van der Waals surface area (Å²) in [5, 5.41) is 0. The lowest BCUT2D eigenvalue weighted by molar-refractivity contribution is -0.159. The predicted octanol–water partition coefficient (Wildman–Crippen LogP) is 0.940. The first-order valence-corrected chi connectivity index (χ1v) is 10.1. The zero-order valence-electron chi connectivity index (χ0n) is 16.8. The Bertz CT molecular complexity index is 725. The summed E-state index contributed by atoms with van der Waals surface area (Å²) in [6, 6.07) is 7.14. The number of nitrogens with zero attached hydrogens (tertiary/aromatic N) is 2. The minimum atomic E-state index is -0.286. The van der Waals surface area contributed by atoms with Crippen molar-refractivity contribution in [3.63, 3.8) is 0 Å². The number of carbonyl (C=O) groups is 2. The molecule has 8 nitrogen and oxygen atoms in total. The smallest absolute Gasteiger partial charge is 0.260 e. The van der Waals surface area contributed by atoms with Crippen LogP contribution in [0.25, 0.3) is 0 Å². The number of hydrogen-bond donors (Lipinski definition) is 0. The molecule has 3 aliphatic heterocycles. The third-order valence-electron chi connectivity index (χ3n) is 5.85. The highest BCUT2D eigenvalue weighted by molar-refractivity contribution is 5.79. The van der Waals surface area contributed by atoms with E-state index in [1.807, 2.05) is 4.90 Å². The molecule has 0 bridgehead atoms. The van der Waals surface area contributed by atoms with Crippen LogP contribution in [0.1, 0.15) is 12.8 Å². The number of benzene rings is 1. The molecule has 1 atom stereocenters. The summed E-state index contributed by atoms with van der Waals surface area (Å²) in [7, 11) is 1.60. The molecule has 158 valence electrons. The first-order chi connectivity index (χ1) is 14.1. The Labute approximate surface area is 170 Å². The number of rotatable bonds is 6. The minimum absolute atomic E-state index is 0.00134. The Hall–Kier alpha value is -2.32. The Balaban J connectivity index is 1.18. The molecule has 3 saturated heterocycles. The molecule has 0 radical (unpaired) electrons. The SMILES string of the molecule is COc1ccc(OCC(=O)N2CC3(CC(CC(=O)N4CCOCC4)CO3)C2)cc1. The molecule has 4 rings (SSSR count). The molecule has 1 aromatic carbocycles. The average molecular weight is 404 g/mol. The lowest BCUT2D eigenvalue weighted by atomic mass is 9.85. The molecule has 3 fully saturated rings. The molecule has 29 heavy (non-hydrogen) atoms. The van der Waals surface area contributed by atoms with Crippen LogP contribution in [0.4, 0.5) is 0 Å². The Morgan fingerprint density at radius 1 is 1.07 bits per heavy atom. The van der Waals surface area contributed by atoms with Crippen LogP contribution < -0.4 is 9.47 Å². The van der Waals surface area contributed by atoms with E-state index in [-0.39, 0.29) is 29.9 Å². The van der Waals surface area contributed by atoms with Crippen molar-refractivity contribution in [3.8, 4) is 11.5 Å². The van der Waals surface area contributed by atoms with Crippen molar-refractivity contribution in [2.24, 2.45) is 5.92 Å². The van der Waals surface area contributed by atoms with Crippen molar-refractivity contribution in [2.75, 3.05) is 59.7 Å². The van der Waals surface area contributed by atoms with Crippen molar-refractivity contribution in [2.45, 2.75) is 18.4 Å². The van der Waals surface area contributed by atoms with Gasteiger partial charge in [0.2, 0.25) is 5.91 Å². The van der Waals surface area contributed by atoms with E-state index >= 15 is 0 Å². The highest BCUT2D eigenvalue weighted by atomic mass is 16.5. The van der Waals surface area contributed by atoms with Crippen LogP contribution in [-0.4, -0.2) is 86.9 Å². The summed E-state index contributed by atoms with van der Waals surface area (Å²) in [6.07, 6.45) is 1.34. The number of morpholine rings is 1. The second-order valence-electron chi connectivity index (χ2n) is 7.98. The van der Waals surface area contributed by atoms with Crippen molar-refractivity contribution in [1.29, 1.82) is 0 Å². The summed E-state index contributed by atoms with van der Waals surface area (Å²) < 4.78 is 22.0. The molecular formula is C21H28N2O6. The highest BCUT2D eigenvalue weighted by Crippen LogP contribution is 2.39. The van der Waals surface area contributed by atoms with Crippen LogP contribution in [0.5, 0.6) is 11.5 Å². The molecule has 0 aromatic heterocycles. The highest BCUT2D eigenvalue weighted by Gasteiger charge is 2.51. The zero-order chi connectivity index (χ0) is 20.3. The van der Waals surface area contributed by atoms with Crippen molar-refractivity contribution < 1.29 is 28.5 Å². The van der Waals surface area contributed by atoms with Crippen molar-refractivity contribution >= 4 is 11.8 Å². The lowest BCUT2D eigenvalue weighted by Crippen LogP contribution is -2.64. The largest absolute Gasteiger partial charge is 0.497 e. The number of hydrogen-bond acceptors (Lipinski definition) is 6. The summed E-state index contributed by atoms with van der Waals surface area (Å²) in [5.41, 5.74) is -0.286. The van der Waals surface area contributed by atoms with Gasteiger partial charge in [0.15, 0.2) is 6.61 Å². The molecule has 8 heteroatoms. The summed E-state index contributed by atoms with van der Waals surface area (Å²) in [4.78, 5) is 28.4. The van der Waals surface area contributed by atoms with Crippen molar-refractivity contribution in [1.82, 2.24) is 9.80 Å². The maximum Gasteiger partial charge on any atom is 0.260 e. The van der Waals surface area contributed by atoms with Gasteiger partial charge in [-0.15, -0.1) is 0 Å². The van der Waals surface area contributed by atoms with Gasteiger partial charge in [-0.3, -0.25) is 9.59 Å². The number of amides is 2. The molecule has 0 saturated carbocycles. The molecule has 1 spiro atoms. The van der Waals surface area contributed by atoms with Gasteiger partial charge < -0.3 is 28.7 Å². The van der Waals surface area contributed by atoms with Gasteiger partial charge in [-0.05, 0) is 36.6 Å². The van der Waals surface area contributed by atoms with Gasteiger partial charge >= 0.3 is 0 Å². The lowest BCUT2D eigenvalue weighted by Gasteiger charge is -2.47. The minimum Gasteiger partial charge on any atom is -0.497 e. The number of ether oxygens (including phenoxy) is 4. The standard InChI is InChI=1S/C21H28N2O6/c1-26-17-2-4-18(5-3-17)28-13-20(25)23-14-21(15-23)11-16(12-29-21)10-19(24)22-6-8-27-9-7-22/h2-5,16H,6-15H2,1H3. The Morgan fingerprint density at radius 2 is 1.76 bits per heavy atom. The Morgan fingerprint density at radius 3 is 2.45 bits per heavy atom. The van der Waals surface area contributed by atoms with Crippen LogP contribution in [-0.2, 0) is 19.1 Å². The van der Waals surface area contributed by atoms with E-state index in [1.165, 1.54) is 0 Å². The topological polar surface area (TPSA) is 77.5 Å². The maximum atomic E-state index is 12.4. The second-order valence-corrected chi connectivity index (χ2v) is 7.98. The van der Waals surface area contributed by atoms with E-state index in [0.29, 0.717) is 58.2 Å². The van der Waals surface area contributed by atoms with E-state index in [2.05, 4.69) is 0 Å². The average Bonchev–Trinajstić information content (AvgIpc) is 3.16. The summed E-state index contributed by atoms with van der Waals surface area (Å²) in [5.74, 6) is 1.72. The zero-order valence-corrected chi connectivity index (χ0v) is 16.8. The van der Waals surface area contributed by atoms with E-state index in [0.717, 1.165) is 12.2 Å². The number of carbonyl (C=O) groups excluding carboxylic acids is 2. The molecule has 0 N–H and O–H groups in total. The normalized spacial score (nSPS) is 23.0. The fraction of sp³-hybridized carbons (Fsp3) is 0.619. The van der Waals surface area contributed by atoms with Gasteiger partial charge in [0.05, 0.1) is 40.0 Å². The van der Waals surface area contributed by atoms with E-state index in [4.69, 9.17) is 18.9 Å². The number of likely N-dealkylation sites (tertiary alicyclic amines) is 1. The number of methoxy groups -OCH3 is 1. The van der Waals surface area contributed by atoms with Crippen LogP contribution >= 0.6 is 0 Å². The molecule has 3 aliphatic rings. The summed E-state index contributed by atoms with van der Waals surface area (Å²) in [6.45, 7) is 4.31. The maximum absolute atomic E-state index is 12.4. The van der Waals surface area contributed by atoms with Crippen LogP contribution in [0.2, 0.25) is 0 Å². The van der Waals surface area contributed by atoms with Gasteiger partial charge in [0.25, 0.3) is 5.91 Å². The fourth-order valence-corrected chi connectivity index (χ4v) is 4.21.